The van der Waals surface area contributed by atoms with Crippen LogP contribution in [0.5, 0.6) is 0 Å². The molecule has 0 radical (unpaired) electrons. The lowest BCUT2D eigenvalue weighted by molar-refractivity contribution is 0.420. The molecule has 0 aliphatic carbocycles. The van der Waals surface area contributed by atoms with Crippen molar-refractivity contribution >= 4 is 29.2 Å². The van der Waals surface area contributed by atoms with Gasteiger partial charge in [0.2, 0.25) is 0 Å². The smallest absolute Gasteiger partial charge is 0.278 e. The molecule has 0 saturated carbocycles. The summed E-state index contributed by atoms with van der Waals surface area (Å²) in [6.45, 7) is 2.20. The molecule has 0 aromatic carbocycles. The fraction of sp³-hybridized carbons (Fsp3) is 0.462. The zero-order valence-electron chi connectivity index (χ0n) is 11.2. The molecule has 2 aromatic heterocycles. The minimum atomic E-state index is 0.293. The summed E-state index contributed by atoms with van der Waals surface area (Å²) < 4.78 is 5.35. The standard InChI is InChI=1S/C13H16N4OS2/c1-2-9-11(20-7-6-19-9)12-16-13(18-17-12)10-8(14)4-3-5-15-10/h3-5,9,11H,2,6-7,14H2,1H3. The normalized spacial score (nSPS) is 22.9. The van der Waals surface area contributed by atoms with Crippen molar-refractivity contribution in [3.63, 3.8) is 0 Å². The Labute approximate surface area is 126 Å². The van der Waals surface area contributed by atoms with Crippen LogP contribution in [0, 0.1) is 0 Å². The van der Waals surface area contributed by atoms with E-state index in [9.17, 15) is 0 Å². The Morgan fingerprint density at radius 2 is 2.25 bits per heavy atom. The van der Waals surface area contributed by atoms with E-state index in [-0.39, 0.29) is 0 Å². The fourth-order valence-corrected chi connectivity index (χ4v) is 5.17. The molecule has 20 heavy (non-hydrogen) atoms. The van der Waals surface area contributed by atoms with Crippen molar-refractivity contribution in [3.05, 3.63) is 24.2 Å². The molecule has 1 aliphatic heterocycles. The maximum absolute atomic E-state index is 5.89. The van der Waals surface area contributed by atoms with E-state index in [0.29, 0.717) is 27.8 Å². The van der Waals surface area contributed by atoms with Crippen LogP contribution in [0.3, 0.4) is 0 Å². The monoisotopic (exact) mass is 308 g/mol. The Hall–Kier alpha value is -1.21. The van der Waals surface area contributed by atoms with Crippen LogP contribution in [0.15, 0.2) is 22.9 Å². The van der Waals surface area contributed by atoms with E-state index in [1.54, 1.807) is 18.3 Å². The van der Waals surface area contributed by atoms with E-state index in [1.165, 1.54) is 5.75 Å². The molecule has 106 valence electrons. The first-order valence-electron chi connectivity index (χ1n) is 6.57. The van der Waals surface area contributed by atoms with Gasteiger partial charge in [-0.25, -0.2) is 4.98 Å². The molecule has 1 fully saturated rings. The SMILES string of the molecule is CCC1SCCSC1c1noc(-c2ncccc2N)n1. The highest BCUT2D eigenvalue weighted by molar-refractivity contribution is 8.06. The van der Waals surface area contributed by atoms with Gasteiger partial charge in [-0.15, -0.1) is 11.8 Å². The van der Waals surface area contributed by atoms with Crippen LogP contribution >= 0.6 is 23.5 Å². The molecule has 7 heteroatoms. The highest BCUT2D eigenvalue weighted by atomic mass is 32.2. The largest absolute Gasteiger partial charge is 0.397 e. The van der Waals surface area contributed by atoms with Crippen molar-refractivity contribution in [2.45, 2.75) is 23.8 Å². The Kier molecular flexibility index (Phi) is 4.16. The molecular weight excluding hydrogens is 292 g/mol. The van der Waals surface area contributed by atoms with Crippen LogP contribution in [0.1, 0.15) is 24.4 Å². The predicted molar refractivity (Wildman–Crippen MR) is 83.7 cm³/mol. The first-order valence-corrected chi connectivity index (χ1v) is 8.67. The maximum Gasteiger partial charge on any atom is 0.278 e. The van der Waals surface area contributed by atoms with E-state index in [2.05, 4.69) is 22.0 Å². The minimum absolute atomic E-state index is 0.293. The van der Waals surface area contributed by atoms with Crippen LogP contribution in [0.25, 0.3) is 11.6 Å². The summed E-state index contributed by atoms with van der Waals surface area (Å²) in [4.78, 5) is 8.72. The van der Waals surface area contributed by atoms with Gasteiger partial charge in [-0.05, 0) is 18.6 Å². The van der Waals surface area contributed by atoms with E-state index in [0.717, 1.165) is 18.0 Å². The topological polar surface area (TPSA) is 77.8 Å². The molecule has 0 spiro atoms. The Morgan fingerprint density at radius 3 is 3.05 bits per heavy atom. The second-order valence-electron chi connectivity index (χ2n) is 4.51. The summed E-state index contributed by atoms with van der Waals surface area (Å²) >= 11 is 3.90. The Morgan fingerprint density at radius 1 is 1.40 bits per heavy atom. The van der Waals surface area contributed by atoms with Gasteiger partial charge in [-0.2, -0.15) is 16.7 Å². The number of nitrogen functional groups attached to an aromatic ring is 1. The van der Waals surface area contributed by atoms with Gasteiger partial charge in [0.15, 0.2) is 11.5 Å². The molecule has 3 rings (SSSR count). The number of nitrogens with zero attached hydrogens (tertiary/aromatic N) is 3. The van der Waals surface area contributed by atoms with E-state index in [4.69, 9.17) is 10.3 Å². The molecule has 0 bridgehead atoms. The van der Waals surface area contributed by atoms with Gasteiger partial charge in [0, 0.05) is 23.0 Å². The summed E-state index contributed by atoms with van der Waals surface area (Å²) in [5.74, 6) is 3.48. The lowest BCUT2D eigenvalue weighted by atomic mass is 10.2. The number of pyridine rings is 1. The van der Waals surface area contributed by atoms with Gasteiger partial charge in [-0.3, -0.25) is 0 Å². The van der Waals surface area contributed by atoms with Gasteiger partial charge in [-0.1, -0.05) is 12.1 Å². The second kappa shape index (κ2) is 6.05. The molecular formula is C13H16N4OS2. The van der Waals surface area contributed by atoms with E-state index < -0.39 is 0 Å². The van der Waals surface area contributed by atoms with Crippen molar-refractivity contribution < 1.29 is 4.52 Å². The van der Waals surface area contributed by atoms with Crippen LogP contribution in [0.2, 0.25) is 0 Å². The van der Waals surface area contributed by atoms with Gasteiger partial charge in [0.05, 0.1) is 10.9 Å². The predicted octanol–water partition coefficient (Wildman–Crippen LogP) is 3.01. The molecule has 2 N–H and O–H groups in total. The highest BCUT2D eigenvalue weighted by Crippen LogP contribution is 2.43. The van der Waals surface area contributed by atoms with Crippen LogP contribution in [-0.4, -0.2) is 31.9 Å². The average Bonchev–Trinajstić information content (AvgIpc) is 2.97. The van der Waals surface area contributed by atoms with Gasteiger partial charge < -0.3 is 10.3 Å². The third-order valence-electron chi connectivity index (χ3n) is 3.19. The van der Waals surface area contributed by atoms with Gasteiger partial charge in [0.25, 0.3) is 5.89 Å². The lowest BCUT2D eigenvalue weighted by Gasteiger charge is -2.27. The van der Waals surface area contributed by atoms with E-state index >= 15 is 0 Å². The highest BCUT2D eigenvalue weighted by Gasteiger charge is 2.30. The molecule has 5 nitrogen and oxygen atoms in total. The third kappa shape index (κ3) is 2.64. The molecule has 3 heterocycles. The van der Waals surface area contributed by atoms with Crippen LogP contribution in [0.4, 0.5) is 5.69 Å². The van der Waals surface area contributed by atoms with Crippen molar-refractivity contribution in [1.82, 2.24) is 15.1 Å². The average molecular weight is 308 g/mol. The van der Waals surface area contributed by atoms with Crippen molar-refractivity contribution in [2.24, 2.45) is 0 Å². The van der Waals surface area contributed by atoms with Crippen LogP contribution < -0.4 is 5.73 Å². The third-order valence-corrected chi connectivity index (χ3v) is 6.43. The first kappa shape index (κ1) is 13.8. The zero-order valence-corrected chi connectivity index (χ0v) is 12.8. The van der Waals surface area contributed by atoms with E-state index in [1.807, 2.05) is 23.5 Å². The Balaban J connectivity index is 1.88. The molecule has 2 unspecified atom stereocenters. The summed E-state index contributed by atoms with van der Waals surface area (Å²) in [6.07, 6.45) is 2.79. The zero-order chi connectivity index (χ0) is 13.9. The first-order chi connectivity index (χ1) is 9.79. The summed E-state index contributed by atoms with van der Waals surface area (Å²) in [5, 5.41) is 4.97. The molecule has 1 saturated heterocycles. The number of hydrogen-bond acceptors (Lipinski definition) is 7. The van der Waals surface area contributed by atoms with Gasteiger partial charge >= 0.3 is 0 Å². The van der Waals surface area contributed by atoms with Crippen molar-refractivity contribution in [1.29, 1.82) is 0 Å². The minimum Gasteiger partial charge on any atom is -0.397 e. The number of aromatic nitrogens is 3. The summed E-state index contributed by atoms with van der Waals surface area (Å²) in [5.41, 5.74) is 7.01. The fourth-order valence-electron chi connectivity index (χ4n) is 2.19. The van der Waals surface area contributed by atoms with Crippen molar-refractivity contribution in [3.8, 4) is 11.6 Å². The number of hydrogen-bond donors (Lipinski definition) is 1. The quantitative estimate of drug-likeness (QED) is 0.933. The Bertz CT molecular complexity index is 589. The number of nitrogens with two attached hydrogens (primary N) is 1. The number of thioether (sulfide) groups is 2. The van der Waals surface area contributed by atoms with Gasteiger partial charge in [0.1, 0.15) is 0 Å². The van der Waals surface area contributed by atoms with Crippen molar-refractivity contribution in [2.75, 3.05) is 17.2 Å². The second-order valence-corrected chi connectivity index (χ2v) is 7.10. The van der Waals surface area contributed by atoms with Crippen LogP contribution in [-0.2, 0) is 0 Å². The molecule has 2 aromatic rings. The summed E-state index contributed by atoms with van der Waals surface area (Å²) in [6, 6.07) is 3.57. The number of rotatable bonds is 3. The molecule has 2 atom stereocenters. The molecule has 0 amide bonds. The lowest BCUT2D eigenvalue weighted by Crippen LogP contribution is -2.19. The summed E-state index contributed by atoms with van der Waals surface area (Å²) in [7, 11) is 0. The maximum atomic E-state index is 5.89. The molecule has 1 aliphatic rings. The number of anilines is 1.